The lowest BCUT2D eigenvalue weighted by Crippen LogP contribution is -2.27. The van der Waals surface area contributed by atoms with Crippen molar-refractivity contribution in [1.29, 1.82) is 0 Å². The molecule has 0 aliphatic rings. The van der Waals surface area contributed by atoms with Gasteiger partial charge >= 0.3 is 0 Å². The number of hydrogen-bond donors (Lipinski definition) is 1. The summed E-state index contributed by atoms with van der Waals surface area (Å²) >= 11 is 1.30. The maximum atomic E-state index is 13.0. The summed E-state index contributed by atoms with van der Waals surface area (Å²) in [5, 5.41) is 3.65. The second-order valence-electron chi connectivity index (χ2n) is 6.83. The first kappa shape index (κ1) is 19.8. The highest BCUT2D eigenvalue weighted by Crippen LogP contribution is 2.32. The fraction of sp³-hybridized carbons (Fsp3) is 0.238. The van der Waals surface area contributed by atoms with Gasteiger partial charge in [0.25, 0.3) is 5.56 Å². The lowest BCUT2D eigenvalue weighted by atomic mass is 10.1. The van der Waals surface area contributed by atoms with Crippen molar-refractivity contribution < 1.29 is 14.3 Å². The zero-order chi connectivity index (χ0) is 21.4. The molecule has 30 heavy (non-hydrogen) atoms. The molecule has 9 heteroatoms. The number of nitrogens with one attached hydrogen (secondary N) is 1. The molecular weight excluding hydrogens is 404 g/mol. The van der Waals surface area contributed by atoms with E-state index < -0.39 is 0 Å². The topological polar surface area (TPSA) is 95.3 Å². The van der Waals surface area contributed by atoms with Gasteiger partial charge < -0.3 is 14.8 Å². The molecule has 0 radical (unpaired) electrons. The SMILES string of the molecule is COc1ccc(NC(=O)Cn2cnc3c(sc4nc(C)cc(C)c43)c2=O)c(OC)c1. The van der Waals surface area contributed by atoms with Crippen molar-refractivity contribution in [3.05, 3.63) is 52.2 Å². The van der Waals surface area contributed by atoms with Gasteiger partial charge in [-0.1, -0.05) is 0 Å². The monoisotopic (exact) mass is 424 g/mol. The van der Waals surface area contributed by atoms with Crippen molar-refractivity contribution in [2.24, 2.45) is 0 Å². The quantitative estimate of drug-likeness (QED) is 0.528. The molecule has 0 aliphatic heterocycles. The van der Waals surface area contributed by atoms with Crippen LogP contribution in [0.1, 0.15) is 11.3 Å². The molecule has 154 valence electrons. The molecule has 3 aromatic heterocycles. The van der Waals surface area contributed by atoms with Gasteiger partial charge in [-0.05, 0) is 37.6 Å². The Hall–Kier alpha value is -3.46. The van der Waals surface area contributed by atoms with Gasteiger partial charge in [0.2, 0.25) is 5.91 Å². The first-order valence-corrected chi connectivity index (χ1v) is 10.0. The van der Waals surface area contributed by atoms with Crippen molar-refractivity contribution in [3.63, 3.8) is 0 Å². The Kier molecular flexibility index (Phi) is 5.13. The third kappa shape index (κ3) is 3.48. The molecule has 1 N–H and O–H groups in total. The predicted molar refractivity (Wildman–Crippen MR) is 117 cm³/mol. The Morgan fingerprint density at radius 2 is 2.00 bits per heavy atom. The van der Waals surface area contributed by atoms with Gasteiger partial charge in [-0.25, -0.2) is 9.97 Å². The number of aromatic nitrogens is 3. The number of fused-ring (bicyclic) bond motifs is 3. The minimum absolute atomic E-state index is 0.170. The van der Waals surface area contributed by atoms with Crippen LogP contribution in [0.2, 0.25) is 0 Å². The maximum absolute atomic E-state index is 13.0. The molecule has 0 fully saturated rings. The molecule has 4 aromatic rings. The summed E-state index contributed by atoms with van der Waals surface area (Å²) in [4.78, 5) is 35.3. The first-order valence-electron chi connectivity index (χ1n) is 9.19. The van der Waals surface area contributed by atoms with Gasteiger partial charge in [-0.3, -0.25) is 14.2 Å². The lowest BCUT2D eigenvalue weighted by molar-refractivity contribution is -0.116. The van der Waals surface area contributed by atoms with Gasteiger partial charge in [0.05, 0.1) is 31.8 Å². The summed E-state index contributed by atoms with van der Waals surface area (Å²) in [6.07, 6.45) is 1.40. The number of hydrogen-bond acceptors (Lipinski definition) is 7. The lowest BCUT2D eigenvalue weighted by Gasteiger charge is -2.12. The number of carbonyl (C=O) groups is 1. The molecule has 0 bridgehead atoms. The van der Waals surface area contributed by atoms with Gasteiger partial charge in [-0.15, -0.1) is 11.3 Å². The smallest absolute Gasteiger partial charge is 0.271 e. The van der Waals surface area contributed by atoms with E-state index in [2.05, 4.69) is 15.3 Å². The Balaban J connectivity index is 1.65. The molecule has 1 amide bonds. The number of ether oxygens (including phenoxy) is 2. The molecule has 3 heterocycles. The van der Waals surface area contributed by atoms with E-state index >= 15 is 0 Å². The Morgan fingerprint density at radius 3 is 2.73 bits per heavy atom. The first-order chi connectivity index (χ1) is 14.4. The fourth-order valence-corrected chi connectivity index (χ4v) is 4.56. The second-order valence-corrected chi connectivity index (χ2v) is 7.83. The summed E-state index contributed by atoms with van der Waals surface area (Å²) in [5.41, 5.74) is 2.76. The predicted octanol–water partition coefficient (Wildman–Crippen LogP) is 3.28. The molecule has 8 nitrogen and oxygen atoms in total. The van der Waals surface area contributed by atoms with Crippen molar-refractivity contribution >= 4 is 43.4 Å². The van der Waals surface area contributed by atoms with Gasteiger partial charge in [0.1, 0.15) is 27.6 Å². The molecule has 0 atom stereocenters. The molecule has 1 aromatic carbocycles. The van der Waals surface area contributed by atoms with Crippen LogP contribution in [0.3, 0.4) is 0 Å². The summed E-state index contributed by atoms with van der Waals surface area (Å²) in [5.74, 6) is 0.706. The number of thiophene rings is 1. The van der Waals surface area contributed by atoms with Gasteiger partial charge in [0.15, 0.2) is 0 Å². The number of benzene rings is 1. The minimum atomic E-state index is -0.368. The Bertz CT molecular complexity index is 1340. The molecule has 0 saturated carbocycles. The fourth-order valence-electron chi connectivity index (χ4n) is 3.36. The minimum Gasteiger partial charge on any atom is -0.497 e. The standard InChI is InChI=1S/C21H20N4O4S/c1-11-7-12(2)23-20-17(11)18-19(30-20)21(27)25(10-22-18)9-16(26)24-14-6-5-13(28-3)8-15(14)29-4/h5-8,10H,9H2,1-4H3,(H,24,26). The summed E-state index contributed by atoms with van der Waals surface area (Å²) in [6.45, 7) is 3.73. The Labute approximate surface area is 176 Å². The van der Waals surface area contributed by atoms with E-state index in [1.807, 2.05) is 19.9 Å². The summed E-state index contributed by atoms with van der Waals surface area (Å²) < 4.78 is 12.2. The van der Waals surface area contributed by atoms with E-state index in [0.717, 1.165) is 21.5 Å². The number of methoxy groups -OCH3 is 2. The second kappa shape index (κ2) is 7.75. The van der Waals surface area contributed by atoms with Crippen molar-refractivity contribution in [2.45, 2.75) is 20.4 Å². The van der Waals surface area contributed by atoms with Crippen molar-refractivity contribution in [1.82, 2.24) is 14.5 Å². The third-order valence-corrected chi connectivity index (χ3v) is 5.80. The molecule has 0 unspecified atom stereocenters. The normalized spacial score (nSPS) is 11.1. The Morgan fingerprint density at radius 1 is 1.20 bits per heavy atom. The molecule has 4 rings (SSSR count). The third-order valence-electron chi connectivity index (χ3n) is 4.74. The van der Waals surface area contributed by atoms with Crippen molar-refractivity contribution in [2.75, 3.05) is 19.5 Å². The number of pyridine rings is 1. The van der Waals surface area contributed by atoms with Crippen LogP contribution in [0.15, 0.2) is 35.4 Å². The van der Waals surface area contributed by atoms with Crippen LogP contribution < -0.4 is 20.3 Å². The number of amides is 1. The average Bonchev–Trinajstić information content (AvgIpc) is 3.09. The van der Waals surface area contributed by atoms with Gasteiger partial charge in [0, 0.05) is 17.1 Å². The highest BCUT2D eigenvalue weighted by Gasteiger charge is 2.16. The van der Waals surface area contributed by atoms with E-state index in [-0.39, 0.29) is 18.0 Å². The highest BCUT2D eigenvalue weighted by atomic mass is 32.1. The molecule has 0 spiro atoms. The van der Waals surface area contributed by atoms with Crippen LogP contribution in [-0.4, -0.2) is 34.7 Å². The average molecular weight is 424 g/mol. The van der Waals surface area contributed by atoms with E-state index in [0.29, 0.717) is 27.4 Å². The van der Waals surface area contributed by atoms with Gasteiger partial charge in [-0.2, -0.15) is 0 Å². The zero-order valence-electron chi connectivity index (χ0n) is 17.0. The molecule has 0 aliphatic carbocycles. The molecular formula is C21H20N4O4S. The van der Waals surface area contributed by atoms with Crippen LogP contribution in [0, 0.1) is 13.8 Å². The number of carbonyl (C=O) groups excluding carboxylic acids is 1. The van der Waals surface area contributed by atoms with Crippen LogP contribution >= 0.6 is 11.3 Å². The van der Waals surface area contributed by atoms with E-state index in [1.54, 1.807) is 25.3 Å². The zero-order valence-corrected chi connectivity index (χ0v) is 17.8. The van der Waals surface area contributed by atoms with Crippen molar-refractivity contribution in [3.8, 4) is 11.5 Å². The number of rotatable bonds is 5. The van der Waals surface area contributed by atoms with Crippen LogP contribution in [0.5, 0.6) is 11.5 Å². The number of nitrogens with zero attached hydrogens (tertiary/aromatic N) is 3. The van der Waals surface area contributed by atoms with Crippen LogP contribution in [-0.2, 0) is 11.3 Å². The molecule has 0 saturated heterocycles. The number of anilines is 1. The maximum Gasteiger partial charge on any atom is 0.271 e. The van der Waals surface area contributed by atoms with E-state index in [9.17, 15) is 9.59 Å². The van der Waals surface area contributed by atoms with E-state index in [1.165, 1.54) is 29.3 Å². The highest BCUT2D eigenvalue weighted by molar-refractivity contribution is 7.25. The van der Waals surface area contributed by atoms with Crippen LogP contribution in [0.25, 0.3) is 20.4 Å². The largest absolute Gasteiger partial charge is 0.497 e. The summed E-state index contributed by atoms with van der Waals surface area (Å²) in [7, 11) is 3.06. The van der Waals surface area contributed by atoms with E-state index in [4.69, 9.17) is 9.47 Å². The van der Waals surface area contributed by atoms with Crippen LogP contribution in [0.4, 0.5) is 5.69 Å². The summed E-state index contributed by atoms with van der Waals surface area (Å²) in [6, 6.07) is 7.04. The number of aryl methyl sites for hydroxylation is 2.